The summed E-state index contributed by atoms with van der Waals surface area (Å²) in [7, 11) is 0. The van der Waals surface area contributed by atoms with Gasteiger partial charge in [-0.1, -0.05) is 36.4 Å². The molecule has 0 aromatic heterocycles. The molecule has 0 fully saturated rings. The number of hydrogen-bond donors (Lipinski definition) is 0. The van der Waals surface area contributed by atoms with Gasteiger partial charge in [-0.3, -0.25) is 4.79 Å². The predicted octanol–water partition coefficient (Wildman–Crippen LogP) is 3.45. The molecule has 1 atom stereocenters. The largest absolute Gasteiger partial charge is 0.294 e. The molecule has 0 N–H and O–H groups in total. The Morgan fingerprint density at radius 3 is 2.57 bits per heavy atom. The molecular formula is C12H11IO. The van der Waals surface area contributed by atoms with Crippen molar-refractivity contribution in [3.8, 4) is 0 Å². The number of benzene rings is 1. The van der Waals surface area contributed by atoms with Gasteiger partial charge in [-0.15, -0.1) is 0 Å². The topological polar surface area (TPSA) is 17.1 Å². The second-order valence-electron chi connectivity index (χ2n) is 3.49. The quantitative estimate of drug-likeness (QED) is 0.726. The number of carbonyl (C=O) groups excluding carboxylic acids is 1. The number of allylic oxidation sites excluding steroid dienone is 2. The van der Waals surface area contributed by atoms with Crippen LogP contribution in [0.4, 0.5) is 0 Å². The van der Waals surface area contributed by atoms with Gasteiger partial charge >= 0.3 is 0 Å². The van der Waals surface area contributed by atoms with E-state index in [2.05, 4.69) is 40.8 Å². The fourth-order valence-electron chi connectivity index (χ4n) is 1.72. The Hall–Kier alpha value is -0.640. The van der Waals surface area contributed by atoms with E-state index in [1.165, 1.54) is 5.56 Å². The zero-order chi connectivity index (χ0) is 9.97. The molecule has 14 heavy (non-hydrogen) atoms. The zero-order valence-corrected chi connectivity index (χ0v) is 9.90. The minimum Gasteiger partial charge on any atom is -0.294 e. The lowest BCUT2D eigenvalue weighted by molar-refractivity contribution is -0.115. The molecule has 2 heteroatoms. The van der Waals surface area contributed by atoms with Crippen LogP contribution in [0.2, 0.25) is 0 Å². The van der Waals surface area contributed by atoms with Gasteiger partial charge < -0.3 is 0 Å². The first kappa shape index (κ1) is 9.90. The monoisotopic (exact) mass is 298 g/mol. The Morgan fingerprint density at radius 2 is 1.93 bits per heavy atom. The molecule has 72 valence electrons. The van der Waals surface area contributed by atoms with Crippen molar-refractivity contribution >= 4 is 28.4 Å². The third-order valence-corrected chi connectivity index (χ3v) is 3.49. The first-order chi connectivity index (χ1) is 6.77. The van der Waals surface area contributed by atoms with Crippen LogP contribution in [0, 0.1) is 0 Å². The number of rotatable bonds is 1. The van der Waals surface area contributed by atoms with Crippen molar-refractivity contribution in [2.45, 2.75) is 18.8 Å². The summed E-state index contributed by atoms with van der Waals surface area (Å²) in [5.74, 6) is 0.721. The summed E-state index contributed by atoms with van der Waals surface area (Å²) in [6, 6.07) is 10.4. The van der Waals surface area contributed by atoms with Gasteiger partial charge in [0.05, 0.1) is 3.58 Å². The fraction of sp³-hybridized carbons (Fsp3) is 0.250. The Labute approximate surface area is 97.3 Å². The molecule has 0 radical (unpaired) electrons. The highest BCUT2D eigenvalue weighted by atomic mass is 127. The molecule has 0 saturated carbocycles. The Morgan fingerprint density at radius 1 is 1.21 bits per heavy atom. The molecule has 0 unspecified atom stereocenters. The van der Waals surface area contributed by atoms with E-state index in [1.54, 1.807) is 0 Å². The molecule has 0 amide bonds. The van der Waals surface area contributed by atoms with Gasteiger partial charge in [0.2, 0.25) is 0 Å². The van der Waals surface area contributed by atoms with E-state index in [9.17, 15) is 4.79 Å². The van der Waals surface area contributed by atoms with Crippen LogP contribution >= 0.6 is 22.6 Å². The summed E-state index contributed by atoms with van der Waals surface area (Å²) in [6.45, 7) is 0. The molecule has 1 aromatic rings. The van der Waals surface area contributed by atoms with Crippen LogP contribution in [0.15, 0.2) is 40.0 Å². The second-order valence-corrected chi connectivity index (χ2v) is 4.66. The van der Waals surface area contributed by atoms with E-state index in [1.807, 2.05) is 18.2 Å². The maximum atomic E-state index is 11.3. The molecule has 2 rings (SSSR count). The highest BCUT2D eigenvalue weighted by Crippen LogP contribution is 2.31. The summed E-state index contributed by atoms with van der Waals surface area (Å²) in [6.07, 6.45) is 3.73. The van der Waals surface area contributed by atoms with Gasteiger partial charge in [0.25, 0.3) is 0 Å². The summed E-state index contributed by atoms with van der Waals surface area (Å²) >= 11 is 2.14. The average molecular weight is 298 g/mol. The van der Waals surface area contributed by atoms with E-state index in [4.69, 9.17) is 0 Å². The van der Waals surface area contributed by atoms with Crippen LogP contribution in [0.3, 0.4) is 0 Å². The maximum absolute atomic E-state index is 11.3. The van der Waals surface area contributed by atoms with Crippen molar-refractivity contribution in [3.05, 3.63) is 45.6 Å². The standard InChI is InChI=1S/C12H11IO/c13-11-8-10(6-7-12(11)14)9-4-2-1-3-5-9/h1-5,8,10H,6-7H2/t10-/m1/s1. The summed E-state index contributed by atoms with van der Waals surface area (Å²) in [5, 5.41) is 0. The first-order valence-electron chi connectivity index (χ1n) is 4.73. The lowest BCUT2D eigenvalue weighted by Gasteiger charge is -2.17. The molecule has 1 aliphatic carbocycles. The van der Waals surface area contributed by atoms with E-state index < -0.39 is 0 Å². The average Bonchev–Trinajstić information content (AvgIpc) is 2.23. The first-order valence-corrected chi connectivity index (χ1v) is 5.81. The normalized spacial score (nSPS) is 21.9. The lowest BCUT2D eigenvalue weighted by Crippen LogP contribution is -2.09. The molecule has 0 spiro atoms. The second kappa shape index (κ2) is 4.26. The maximum Gasteiger partial charge on any atom is 0.168 e. The van der Waals surface area contributed by atoms with Crippen LogP contribution in [0.5, 0.6) is 0 Å². The number of carbonyl (C=O) groups is 1. The molecule has 0 saturated heterocycles. The molecule has 1 nitrogen and oxygen atoms in total. The predicted molar refractivity (Wildman–Crippen MR) is 65.5 cm³/mol. The number of halogens is 1. The zero-order valence-electron chi connectivity index (χ0n) is 7.74. The van der Waals surface area contributed by atoms with Gasteiger partial charge in [0.15, 0.2) is 5.78 Å². The summed E-state index contributed by atoms with van der Waals surface area (Å²) in [5.41, 5.74) is 1.31. The van der Waals surface area contributed by atoms with Gasteiger partial charge in [-0.25, -0.2) is 0 Å². The lowest BCUT2D eigenvalue weighted by atomic mass is 9.89. The van der Waals surface area contributed by atoms with Gasteiger partial charge in [-0.2, -0.15) is 0 Å². The number of ketones is 1. The van der Waals surface area contributed by atoms with E-state index in [0.29, 0.717) is 12.3 Å². The van der Waals surface area contributed by atoms with Gasteiger partial charge in [0.1, 0.15) is 0 Å². The molecular weight excluding hydrogens is 287 g/mol. The minimum atomic E-state index is 0.290. The van der Waals surface area contributed by atoms with Gasteiger partial charge in [0, 0.05) is 12.3 Å². The molecule has 0 bridgehead atoms. The van der Waals surface area contributed by atoms with Crippen LogP contribution < -0.4 is 0 Å². The Kier molecular flexibility index (Phi) is 3.01. The highest BCUT2D eigenvalue weighted by Gasteiger charge is 2.19. The van der Waals surface area contributed by atoms with Crippen molar-refractivity contribution in [3.63, 3.8) is 0 Å². The van der Waals surface area contributed by atoms with Crippen molar-refractivity contribution in [1.29, 1.82) is 0 Å². The Balaban J connectivity index is 2.26. The third-order valence-electron chi connectivity index (χ3n) is 2.52. The van der Waals surface area contributed by atoms with Crippen molar-refractivity contribution in [1.82, 2.24) is 0 Å². The smallest absolute Gasteiger partial charge is 0.168 e. The van der Waals surface area contributed by atoms with Crippen molar-refractivity contribution in [2.24, 2.45) is 0 Å². The molecule has 0 aliphatic heterocycles. The molecule has 1 aliphatic rings. The van der Waals surface area contributed by atoms with E-state index in [-0.39, 0.29) is 5.78 Å². The SMILES string of the molecule is O=C1CC[C@@H](c2ccccc2)C=C1I. The van der Waals surface area contributed by atoms with E-state index >= 15 is 0 Å². The number of hydrogen-bond acceptors (Lipinski definition) is 1. The van der Waals surface area contributed by atoms with Gasteiger partial charge in [-0.05, 0) is 34.6 Å². The third kappa shape index (κ3) is 2.05. The summed E-state index contributed by atoms with van der Waals surface area (Å²) in [4.78, 5) is 11.3. The number of Topliss-reactive ketones (excluding diaryl/α,β-unsaturated/α-hetero) is 1. The van der Waals surface area contributed by atoms with Crippen LogP contribution in [-0.2, 0) is 4.79 Å². The van der Waals surface area contributed by atoms with E-state index in [0.717, 1.165) is 10.0 Å². The summed E-state index contributed by atoms with van der Waals surface area (Å²) < 4.78 is 0.891. The fourth-order valence-corrected chi connectivity index (χ4v) is 2.43. The van der Waals surface area contributed by atoms with Crippen LogP contribution in [0.25, 0.3) is 0 Å². The highest BCUT2D eigenvalue weighted by molar-refractivity contribution is 14.1. The molecule has 1 aromatic carbocycles. The van der Waals surface area contributed by atoms with Crippen molar-refractivity contribution < 1.29 is 4.79 Å². The molecule has 0 heterocycles. The van der Waals surface area contributed by atoms with Crippen LogP contribution in [-0.4, -0.2) is 5.78 Å². The minimum absolute atomic E-state index is 0.290. The Bertz CT molecular complexity index is 367. The van der Waals surface area contributed by atoms with Crippen LogP contribution in [0.1, 0.15) is 24.3 Å². The van der Waals surface area contributed by atoms with Crippen molar-refractivity contribution in [2.75, 3.05) is 0 Å².